The topological polar surface area (TPSA) is 60.0 Å². The molecule has 1 amide bonds. The average molecular weight is 411 g/mol. The summed E-state index contributed by atoms with van der Waals surface area (Å²) in [6.07, 6.45) is 2.57. The summed E-state index contributed by atoms with van der Waals surface area (Å²) in [7, 11) is 2.13. The number of rotatable bonds is 7. The van der Waals surface area contributed by atoms with Gasteiger partial charge >= 0.3 is 0 Å². The van der Waals surface area contributed by atoms with Gasteiger partial charge in [-0.3, -0.25) is 4.79 Å². The Hall–Kier alpha value is -2.73. The molecule has 2 aromatic carbocycles. The Morgan fingerprint density at radius 2 is 1.93 bits per heavy atom. The van der Waals surface area contributed by atoms with Gasteiger partial charge in [0.25, 0.3) is 0 Å². The first kappa shape index (κ1) is 20.5. The molecular formula is C24H30N2O4. The van der Waals surface area contributed by atoms with E-state index in [1.807, 2.05) is 48.5 Å². The fraction of sp³-hybridized carbons (Fsp3) is 0.458. The van der Waals surface area contributed by atoms with E-state index in [1.54, 1.807) is 0 Å². The molecule has 0 saturated carbocycles. The number of likely N-dealkylation sites (tertiary alicyclic amines) is 1. The molecule has 1 fully saturated rings. The summed E-state index contributed by atoms with van der Waals surface area (Å²) >= 11 is 0. The Kier molecular flexibility index (Phi) is 6.74. The van der Waals surface area contributed by atoms with Gasteiger partial charge in [0.1, 0.15) is 25.1 Å². The maximum atomic E-state index is 12.3. The number of carbonyl (C=O) groups excluding carboxylic acids is 1. The van der Waals surface area contributed by atoms with E-state index in [9.17, 15) is 4.79 Å². The SMILES string of the molecule is CN1CCC(CC(=O)NC[C@@H]2COc3ccc(OCc4ccccc4)cc3O2)CC1. The van der Waals surface area contributed by atoms with E-state index in [2.05, 4.69) is 17.3 Å². The zero-order valence-corrected chi connectivity index (χ0v) is 17.5. The number of ether oxygens (including phenoxy) is 3. The molecule has 0 spiro atoms. The molecule has 0 aliphatic carbocycles. The predicted octanol–water partition coefficient (Wildman–Crippen LogP) is 3.25. The van der Waals surface area contributed by atoms with Gasteiger partial charge in [0.05, 0.1) is 6.54 Å². The maximum Gasteiger partial charge on any atom is 0.220 e. The zero-order chi connectivity index (χ0) is 20.8. The molecule has 30 heavy (non-hydrogen) atoms. The van der Waals surface area contributed by atoms with Crippen LogP contribution in [0.1, 0.15) is 24.8 Å². The van der Waals surface area contributed by atoms with Crippen LogP contribution in [0, 0.1) is 5.92 Å². The predicted molar refractivity (Wildman–Crippen MR) is 115 cm³/mol. The summed E-state index contributed by atoms with van der Waals surface area (Å²) < 4.78 is 17.7. The van der Waals surface area contributed by atoms with Gasteiger partial charge in [-0.15, -0.1) is 0 Å². The molecule has 1 atom stereocenters. The molecule has 1 saturated heterocycles. The van der Waals surface area contributed by atoms with E-state index in [0.29, 0.717) is 43.6 Å². The Balaban J connectivity index is 1.25. The number of nitrogens with zero attached hydrogens (tertiary/aromatic N) is 1. The van der Waals surface area contributed by atoms with Crippen molar-refractivity contribution in [2.45, 2.75) is 32.0 Å². The van der Waals surface area contributed by atoms with Crippen molar-refractivity contribution >= 4 is 5.91 Å². The molecule has 2 heterocycles. The van der Waals surface area contributed by atoms with E-state index < -0.39 is 0 Å². The fourth-order valence-corrected chi connectivity index (χ4v) is 3.86. The van der Waals surface area contributed by atoms with Gasteiger partial charge in [-0.1, -0.05) is 30.3 Å². The van der Waals surface area contributed by atoms with Crippen LogP contribution < -0.4 is 19.5 Å². The molecule has 6 nitrogen and oxygen atoms in total. The minimum atomic E-state index is -0.205. The quantitative estimate of drug-likeness (QED) is 0.759. The standard InChI is InChI=1S/C24H30N2O4/c1-26-11-9-18(10-12-26)13-24(27)25-15-21-17-29-22-8-7-20(14-23(22)30-21)28-16-19-5-3-2-4-6-19/h2-8,14,18,21H,9-13,15-17H2,1H3,(H,25,27)/t21-/m1/s1. The van der Waals surface area contributed by atoms with Crippen LogP contribution in [0.3, 0.4) is 0 Å². The minimum absolute atomic E-state index is 0.0962. The van der Waals surface area contributed by atoms with Crippen molar-refractivity contribution in [3.05, 3.63) is 54.1 Å². The third-order valence-electron chi connectivity index (χ3n) is 5.72. The summed E-state index contributed by atoms with van der Waals surface area (Å²) in [5.41, 5.74) is 1.11. The third-order valence-corrected chi connectivity index (χ3v) is 5.72. The zero-order valence-electron chi connectivity index (χ0n) is 17.5. The van der Waals surface area contributed by atoms with E-state index in [1.165, 1.54) is 0 Å². The summed E-state index contributed by atoms with van der Waals surface area (Å²) in [6.45, 7) is 3.51. The lowest BCUT2D eigenvalue weighted by molar-refractivity contribution is -0.122. The molecule has 2 aliphatic heterocycles. The van der Waals surface area contributed by atoms with Gasteiger partial charge in [-0.25, -0.2) is 0 Å². The molecule has 4 rings (SSSR count). The van der Waals surface area contributed by atoms with Crippen LogP contribution in [-0.2, 0) is 11.4 Å². The van der Waals surface area contributed by atoms with Crippen molar-refractivity contribution in [2.75, 3.05) is 33.3 Å². The summed E-state index contributed by atoms with van der Waals surface area (Å²) in [5, 5.41) is 3.01. The minimum Gasteiger partial charge on any atom is -0.489 e. The number of amides is 1. The van der Waals surface area contributed by atoms with Crippen molar-refractivity contribution in [1.29, 1.82) is 0 Å². The molecule has 0 radical (unpaired) electrons. The highest BCUT2D eigenvalue weighted by atomic mass is 16.6. The Labute approximate surface area is 178 Å². The first-order chi connectivity index (χ1) is 14.7. The van der Waals surface area contributed by atoms with Crippen molar-refractivity contribution < 1.29 is 19.0 Å². The number of hydrogen-bond acceptors (Lipinski definition) is 5. The van der Waals surface area contributed by atoms with Crippen molar-refractivity contribution in [3.63, 3.8) is 0 Å². The normalized spacial score (nSPS) is 19.3. The van der Waals surface area contributed by atoms with E-state index in [0.717, 1.165) is 37.2 Å². The second kappa shape index (κ2) is 9.85. The summed E-state index contributed by atoms with van der Waals surface area (Å²) in [4.78, 5) is 14.6. The number of nitrogens with one attached hydrogen (secondary N) is 1. The van der Waals surface area contributed by atoms with Gasteiger partial charge < -0.3 is 24.4 Å². The molecule has 0 unspecified atom stereocenters. The van der Waals surface area contributed by atoms with Gasteiger partial charge in [0.2, 0.25) is 5.91 Å². The number of piperidine rings is 1. The Bertz CT molecular complexity index is 834. The number of hydrogen-bond donors (Lipinski definition) is 1. The van der Waals surface area contributed by atoms with Crippen molar-refractivity contribution in [1.82, 2.24) is 10.2 Å². The van der Waals surface area contributed by atoms with E-state index in [4.69, 9.17) is 14.2 Å². The second-order valence-corrected chi connectivity index (χ2v) is 8.19. The van der Waals surface area contributed by atoms with Crippen LogP contribution >= 0.6 is 0 Å². The van der Waals surface area contributed by atoms with Gasteiger partial charge in [0.15, 0.2) is 11.5 Å². The lowest BCUT2D eigenvalue weighted by atomic mass is 9.93. The molecule has 1 N–H and O–H groups in total. The van der Waals surface area contributed by atoms with Crippen molar-refractivity contribution in [3.8, 4) is 17.2 Å². The van der Waals surface area contributed by atoms with E-state index >= 15 is 0 Å². The fourth-order valence-electron chi connectivity index (χ4n) is 3.86. The van der Waals surface area contributed by atoms with Crippen LogP contribution in [0.15, 0.2) is 48.5 Å². The Morgan fingerprint density at radius 3 is 2.73 bits per heavy atom. The highest BCUT2D eigenvalue weighted by molar-refractivity contribution is 5.76. The van der Waals surface area contributed by atoms with Gasteiger partial charge in [0, 0.05) is 12.5 Å². The average Bonchev–Trinajstić information content (AvgIpc) is 2.78. The smallest absolute Gasteiger partial charge is 0.220 e. The number of carbonyl (C=O) groups is 1. The second-order valence-electron chi connectivity index (χ2n) is 8.19. The monoisotopic (exact) mass is 410 g/mol. The first-order valence-corrected chi connectivity index (χ1v) is 10.7. The summed E-state index contributed by atoms with van der Waals surface area (Å²) in [5.74, 6) is 2.67. The summed E-state index contributed by atoms with van der Waals surface area (Å²) in [6, 6.07) is 15.6. The highest BCUT2D eigenvalue weighted by Gasteiger charge is 2.24. The molecule has 160 valence electrons. The molecule has 0 bridgehead atoms. The number of fused-ring (bicyclic) bond motifs is 1. The van der Waals surface area contributed by atoms with Crippen LogP contribution in [0.4, 0.5) is 0 Å². The van der Waals surface area contributed by atoms with Crippen LogP contribution in [0.5, 0.6) is 17.2 Å². The van der Waals surface area contributed by atoms with Crippen LogP contribution in [-0.4, -0.2) is 50.2 Å². The van der Waals surface area contributed by atoms with E-state index in [-0.39, 0.29) is 12.0 Å². The molecule has 2 aromatic rings. The lowest BCUT2D eigenvalue weighted by Gasteiger charge is -2.29. The molecule has 6 heteroatoms. The molecule has 2 aliphatic rings. The van der Waals surface area contributed by atoms with Gasteiger partial charge in [-0.2, -0.15) is 0 Å². The van der Waals surface area contributed by atoms with Crippen LogP contribution in [0.2, 0.25) is 0 Å². The Morgan fingerprint density at radius 1 is 1.13 bits per heavy atom. The highest BCUT2D eigenvalue weighted by Crippen LogP contribution is 2.35. The first-order valence-electron chi connectivity index (χ1n) is 10.7. The van der Waals surface area contributed by atoms with Gasteiger partial charge in [-0.05, 0) is 56.6 Å². The largest absolute Gasteiger partial charge is 0.489 e. The maximum absolute atomic E-state index is 12.3. The molecular weight excluding hydrogens is 380 g/mol. The number of benzene rings is 2. The van der Waals surface area contributed by atoms with Crippen LogP contribution in [0.25, 0.3) is 0 Å². The lowest BCUT2D eigenvalue weighted by Crippen LogP contribution is -2.41. The van der Waals surface area contributed by atoms with Crippen molar-refractivity contribution in [2.24, 2.45) is 5.92 Å². The molecule has 0 aromatic heterocycles. The third kappa shape index (κ3) is 5.66.